The monoisotopic (exact) mass is 449 g/mol. The van der Waals surface area contributed by atoms with Gasteiger partial charge in [0.1, 0.15) is 5.82 Å². The summed E-state index contributed by atoms with van der Waals surface area (Å²) >= 11 is 6.35. The average Bonchev–Trinajstić information content (AvgIpc) is 3.44. The Hall–Kier alpha value is -2.86. The highest BCUT2D eigenvalue weighted by Gasteiger charge is 2.29. The van der Waals surface area contributed by atoms with Crippen molar-refractivity contribution in [3.8, 4) is 5.69 Å². The van der Waals surface area contributed by atoms with E-state index in [9.17, 15) is 4.79 Å². The molecule has 2 aromatic carbocycles. The molecule has 3 heterocycles. The molecule has 5 rings (SSSR count). The van der Waals surface area contributed by atoms with Crippen molar-refractivity contribution in [2.45, 2.75) is 32.6 Å². The van der Waals surface area contributed by atoms with Gasteiger partial charge in [0.15, 0.2) is 0 Å². The molecule has 1 aromatic heterocycles. The van der Waals surface area contributed by atoms with Gasteiger partial charge in [-0.25, -0.2) is 9.67 Å². The van der Waals surface area contributed by atoms with E-state index in [1.807, 2.05) is 36.1 Å². The van der Waals surface area contributed by atoms with Crippen LogP contribution in [0.15, 0.2) is 48.5 Å². The summed E-state index contributed by atoms with van der Waals surface area (Å²) < 4.78 is 1.70. The summed E-state index contributed by atoms with van der Waals surface area (Å²) in [5.41, 5.74) is 3.58. The fraction of sp³-hybridized carbons (Fsp3) is 0.400. The van der Waals surface area contributed by atoms with Crippen LogP contribution in [0.3, 0.4) is 0 Å². The minimum absolute atomic E-state index is 0.0875. The van der Waals surface area contributed by atoms with Gasteiger partial charge in [0.05, 0.1) is 10.7 Å². The van der Waals surface area contributed by atoms with Gasteiger partial charge >= 0.3 is 0 Å². The van der Waals surface area contributed by atoms with Crippen molar-refractivity contribution in [3.63, 3.8) is 0 Å². The predicted octanol–water partition coefficient (Wildman–Crippen LogP) is 4.40. The number of carbonyl (C=O) groups is 1. The Morgan fingerprint density at radius 3 is 2.50 bits per heavy atom. The lowest BCUT2D eigenvalue weighted by Crippen LogP contribution is -2.41. The molecule has 166 valence electrons. The molecule has 3 aromatic rings. The van der Waals surface area contributed by atoms with Crippen LogP contribution in [-0.2, 0) is 12.8 Å². The van der Waals surface area contributed by atoms with Crippen molar-refractivity contribution in [1.82, 2.24) is 19.7 Å². The van der Waals surface area contributed by atoms with E-state index in [0.717, 1.165) is 57.0 Å². The molecule has 0 spiro atoms. The SMILES string of the molecule is CCc1nc(C(=O)N2CCC(CN3CCc4ccccc43)CC2)nn1-c1ccccc1Cl. The molecule has 1 saturated heterocycles. The van der Waals surface area contributed by atoms with E-state index >= 15 is 0 Å². The first kappa shape index (κ1) is 21.0. The highest BCUT2D eigenvalue weighted by Crippen LogP contribution is 2.30. The molecule has 6 nitrogen and oxygen atoms in total. The molecule has 2 aliphatic heterocycles. The Balaban J connectivity index is 1.24. The Morgan fingerprint density at radius 2 is 1.75 bits per heavy atom. The summed E-state index contributed by atoms with van der Waals surface area (Å²) in [5, 5.41) is 5.13. The van der Waals surface area contributed by atoms with Crippen LogP contribution in [0.2, 0.25) is 5.02 Å². The number of carbonyl (C=O) groups excluding carboxylic acids is 1. The number of aryl methyl sites for hydroxylation is 1. The highest BCUT2D eigenvalue weighted by atomic mass is 35.5. The van der Waals surface area contributed by atoms with Gasteiger partial charge in [-0.3, -0.25) is 4.79 Å². The van der Waals surface area contributed by atoms with Crippen molar-refractivity contribution in [2.24, 2.45) is 5.92 Å². The standard InChI is InChI=1S/C25H28ClN5O/c1-2-23-27-24(28-31(23)22-10-6-4-8-20(22)26)25(32)29-14-11-18(12-15-29)17-30-16-13-19-7-3-5-9-21(19)30/h3-10,18H,2,11-17H2,1H3. The van der Waals surface area contributed by atoms with Gasteiger partial charge in [-0.15, -0.1) is 5.10 Å². The number of anilines is 1. The van der Waals surface area contributed by atoms with Gasteiger partial charge in [0, 0.05) is 38.3 Å². The van der Waals surface area contributed by atoms with Crippen LogP contribution in [0.25, 0.3) is 5.69 Å². The number of benzene rings is 2. The second kappa shape index (κ2) is 8.94. The highest BCUT2D eigenvalue weighted by molar-refractivity contribution is 6.32. The minimum atomic E-state index is -0.0875. The third kappa shape index (κ3) is 3.99. The Labute approximate surface area is 193 Å². The third-order valence-electron chi connectivity index (χ3n) is 6.63. The number of fused-ring (bicyclic) bond motifs is 1. The van der Waals surface area contributed by atoms with Crippen molar-refractivity contribution >= 4 is 23.2 Å². The summed E-state index contributed by atoms with van der Waals surface area (Å²) in [7, 11) is 0. The first-order chi connectivity index (χ1) is 15.6. The summed E-state index contributed by atoms with van der Waals surface area (Å²) in [5.74, 6) is 1.51. The molecule has 0 saturated carbocycles. The molecule has 0 aliphatic carbocycles. The van der Waals surface area contributed by atoms with Gasteiger partial charge in [-0.05, 0) is 48.9 Å². The molecule has 0 bridgehead atoms. The predicted molar refractivity (Wildman–Crippen MR) is 127 cm³/mol. The molecule has 7 heteroatoms. The second-order valence-corrected chi connectivity index (χ2v) is 9.04. The number of likely N-dealkylation sites (tertiary alicyclic amines) is 1. The molecule has 0 N–H and O–H groups in total. The van der Waals surface area contributed by atoms with E-state index in [1.165, 1.54) is 11.3 Å². The van der Waals surface area contributed by atoms with E-state index in [1.54, 1.807) is 4.68 Å². The van der Waals surface area contributed by atoms with Crippen molar-refractivity contribution in [1.29, 1.82) is 0 Å². The first-order valence-corrected chi connectivity index (χ1v) is 11.8. The maximum absolute atomic E-state index is 13.2. The number of aromatic nitrogens is 3. The molecule has 1 amide bonds. The quantitative estimate of drug-likeness (QED) is 0.579. The van der Waals surface area contributed by atoms with Crippen LogP contribution in [0, 0.1) is 5.92 Å². The van der Waals surface area contributed by atoms with Crippen LogP contribution in [0.1, 0.15) is 41.8 Å². The van der Waals surface area contributed by atoms with Gasteiger partial charge in [0.2, 0.25) is 5.82 Å². The van der Waals surface area contributed by atoms with Crippen molar-refractivity contribution < 1.29 is 4.79 Å². The number of amides is 1. The average molecular weight is 450 g/mol. The zero-order valence-electron chi connectivity index (χ0n) is 18.4. The van der Waals surface area contributed by atoms with Crippen LogP contribution < -0.4 is 4.90 Å². The lowest BCUT2D eigenvalue weighted by atomic mass is 9.96. The summed E-state index contributed by atoms with van der Waals surface area (Å²) in [6.45, 7) is 5.68. The van der Waals surface area contributed by atoms with Crippen LogP contribution in [0.5, 0.6) is 0 Å². The van der Waals surface area contributed by atoms with E-state index in [2.05, 4.69) is 39.2 Å². The Morgan fingerprint density at radius 1 is 1.03 bits per heavy atom. The van der Waals surface area contributed by atoms with Crippen LogP contribution in [-0.4, -0.2) is 51.8 Å². The topological polar surface area (TPSA) is 54.3 Å². The fourth-order valence-electron chi connectivity index (χ4n) is 4.85. The Kier molecular flexibility index (Phi) is 5.87. The van der Waals surface area contributed by atoms with Gasteiger partial charge in [0.25, 0.3) is 5.91 Å². The van der Waals surface area contributed by atoms with E-state index < -0.39 is 0 Å². The number of nitrogens with zero attached hydrogens (tertiary/aromatic N) is 5. The zero-order chi connectivity index (χ0) is 22.1. The fourth-order valence-corrected chi connectivity index (χ4v) is 5.06. The number of halogens is 1. The molecule has 0 atom stereocenters. The van der Waals surface area contributed by atoms with Crippen LogP contribution >= 0.6 is 11.6 Å². The molecule has 0 unspecified atom stereocenters. The molecular weight excluding hydrogens is 422 g/mol. The van der Waals surface area contributed by atoms with Gasteiger partial charge in [-0.1, -0.05) is 48.9 Å². The van der Waals surface area contributed by atoms with Gasteiger partial charge < -0.3 is 9.80 Å². The number of rotatable bonds is 5. The van der Waals surface area contributed by atoms with Crippen LogP contribution in [0.4, 0.5) is 5.69 Å². The maximum Gasteiger partial charge on any atom is 0.293 e. The number of piperidine rings is 1. The van der Waals surface area contributed by atoms with Crippen molar-refractivity contribution in [3.05, 3.63) is 70.8 Å². The number of hydrogen-bond donors (Lipinski definition) is 0. The van der Waals surface area contributed by atoms with Gasteiger partial charge in [-0.2, -0.15) is 0 Å². The molecule has 2 aliphatic rings. The third-order valence-corrected chi connectivity index (χ3v) is 6.95. The minimum Gasteiger partial charge on any atom is -0.371 e. The lowest BCUT2D eigenvalue weighted by Gasteiger charge is -2.34. The normalized spacial score (nSPS) is 16.4. The van der Waals surface area contributed by atoms with E-state index in [0.29, 0.717) is 17.4 Å². The van der Waals surface area contributed by atoms with E-state index in [-0.39, 0.29) is 11.7 Å². The largest absolute Gasteiger partial charge is 0.371 e. The Bertz CT molecular complexity index is 1120. The number of para-hydroxylation sites is 2. The summed E-state index contributed by atoms with van der Waals surface area (Å²) in [4.78, 5) is 22.1. The maximum atomic E-state index is 13.2. The molecule has 1 fully saturated rings. The molecule has 0 radical (unpaired) electrons. The van der Waals surface area contributed by atoms with Crippen molar-refractivity contribution in [2.75, 3.05) is 31.1 Å². The molecule has 32 heavy (non-hydrogen) atoms. The summed E-state index contributed by atoms with van der Waals surface area (Å²) in [6.07, 6.45) is 3.82. The van der Waals surface area contributed by atoms with E-state index in [4.69, 9.17) is 11.6 Å². The lowest BCUT2D eigenvalue weighted by molar-refractivity contribution is 0.0680. The number of hydrogen-bond acceptors (Lipinski definition) is 4. The second-order valence-electron chi connectivity index (χ2n) is 8.63. The zero-order valence-corrected chi connectivity index (χ0v) is 19.1. The smallest absolute Gasteiger partial charge is 0.293 e. The first-order valence-electron chi connectivity index (χ1n) is 11.5. The summed E-state index contributed by atoms with van der Waals surface area (Å²) in [6, 6.07) is 16.2. The molecular formula is C25H28ClN5O.